The van der Waals surface area contributed by atoms with E-state index in [0.717, 1.165) is 18.2 Å². The highest BCUT2D eigenvalue weighted by atomic mass is 19.4. The number of amides is 1. The molecule has 0 saturated carbocycles. The number of hydrogen-bond donors (Lipinski definition) is 4. The number of halogens is 4. The summed E-state index contributed by atoms with van der Waals surface area (Å²) in [7, 11) is 0. The molecule has 5 N–H and O–H groups in total. The van der Waals surface area contributed by atoms with Crippen LogP contribution in [0.3, 0.4) is 0 Å². The van der Waals surface area contributed by atoms with Crippen molar-refractivity contribution in [2.45, 2.75) is 24.2 Å². The normalized spacial score (nSPS) is 17.8. The van der Waals surface area contributed by atoms with Crippen molar-refractivity contribution in [1.29, 1.82) is 0 Å². The van der Waals surface area contributed by atoms with Gasteiger partial charge in [-0.15, -0.1) is 0 Å². The van der Waals surface area contributed by atoms with Gasteiger partial charge in [0, 0.05) is 28.3 Å². The minimum atomic E-state index is -5.30. The molecule has 5 rings (SSSR count). The van der Waals surface area contributed by atoms with Gasteiger partial charge in [0.2, 0.25) is 5.60 Å². The largest absolute Gasteiger partial charge is 0.489 e. The van der Waals surface area contributed by atoms with Gasteiger partial charge >= 0.3 is 6.18 Å². The first-order valence-electron chi connectivity index (χ1n) is 12.8. The Morgan fingerprint density at radius 3 is 2.62 bits per heavy atom. The van der Waals surface area contributed by atoms with Crippen LogP contribution in [0.5, 0.6) is 11.5 Å². The van der Waals surface area contributed by atoms with Crippen LogP contribution in [0.4, 0.5) is 17.6 Å². The van der Waals surface area contributed by atoms with Crippen molar-refractivity contribution >= 4 is 16.8 Å². The highest BCUT2D eigenvalue weighted by Gasteiger charge is 2.57. The molecule has 1 amide bonds. The summed E-state index contributed by atoms with van der Waals surface area (Å²) in [4.78, 5) is 21.4. The fourth-order valence-corrected chi connectivity index (χ4v) is 4.62. The van der Waals surface area contributed by atoms with Gasteiger partial charge in [-0.25, -0.2) is 9.37 Å². The van der Waals surface area contributed by atoms with E-state index >= 15 is 0 Å². The molecule has 220 valence electrons. The second-order valence-corrected chi connectivity index (χ2v) is 10.1. The number of hydrogen-bond acceptors (Lipinski definition) is 8. The van der Waals surface area contributed by atoms with Gasteiger partial charge in [0.25, 0.3) is 5.91 Å². The van der Waals surface area contributed by atoms with Crippen LogP contribution >= 0.6 is 0 Å². The monoisotopic (exact) mass is 586 g/mol. The van der Waals surface area contributed by atoms with Crippen LogP contribution in [0.2, 0.25) is 0 Å². The molecule has 1 aliphatic heterocycles. The van der Waals surface area contributed by atoms with Crippen molar-refractivity contribution in [2.24, 2.45) is 5.73 Å². The minimum absolute atomic E-state index is 0.0650. The topological polar surface area (TPSA) is 140 Å². The number of fused-ring (bicyclic) bond motifs is 2. The molecule has 4 aromatic rings. The fourth-order valence-electron chi connectivity index (χ4n) is 4.62. The fraction of sp³-hybridized carbons (Fsp3) is 0.276. The van der Waals surface area contributed by atoms with Crippen LogP contribution in [0, 0.1) is 5.82 Å². The zero-order valence-electron chi connectivity index (χ0n) is 22.2. The molecule has 9 nitrogen and oxygen atoms in total. The van der Waals surface area contributed by atoms with Gasteiger partial charge in [-0.3, -0.25) is 9.78 Å². The molecule has 0 bridgehead atoms. The van der Waals surface area contributed by atoms with Crippen molar-refractivity contribution in [3.8, 4) is 22.8 Å². The zero-order chi connectivity index (χ0) is 30.3. The number of nitrogens with one attached hydrogen (secondary N) is 1. The summed E-state index contributed by atoms with van der Waals surface area (Å²) in [5.41, 5.74) is 1.24. The summed E-state index contributed by atoms with van der Waals surface area (Å²) in [5, 5.41) is 22.9. The Labute approximate surface area is 236 Å². The van der Waals surface area contributed by atoms with Gasteiger partial charge in [0.05, 0.1) is 24.4 Å². The van der Waals surface area contributed by atoms with Gasteiger partial charge in [0.15, 0.2) is 5.75 Å². The smallest absolute Gasteiger partial charge is 0.424 e. The SMILES string of the molecule is CC1(N)COc2c1cc(C(O)(CNC(=O)c1cc(OCCO)c3ncccc3c1)C(F)(F)F)nc2-c1ccc(F)cc1. The maximum atomic E-state index is 14.6. The third-order valence-corrected chi connectivity index (χ3v) is 6.90. The van der Waals surface area contributed by atoms with Gasteiger partial charge in [0.1, 0.15) is 36.0 Å². The molecule has 0 saturated heterocycles. The highest BCUT2D eigenvalue weighted by Crippen LogP contribution is 2.46. The summed E-state index contributed by atoms with van der Waals surface area (Å²) in [6, 6.07) is 11.8. The van der Waals surface area contributed by atoms with Crippen LogP contribution in [0.1, 0.15) is 28.5 Å². The number of pyridine rings is 2. The van der Waals surface area contributed by atoms with Crippen LogP contribution in [-0.4, -0.2) is 58.6 Å². The number of carbonyl (C=O) groups is 1. The lowest BCUT2D eigenvalue weighted by Gasteiger charge is -2.31. The van der Waals surface area contributed by atoms with E-state index in [0.29, 0.717) is 10.9 Å². The average Bonchev–Trinajstić information content (AvgIpc) is 3.27. The molecule has 13 heteroatoms. The Balaban J connectivity index is 1.54. The molecule has 3 heterocycles. The maximum absolute atomic E-state index is 14.6. The first-order valence-corrected chi connectivity index (χ1v) is 12.8. The van der Waals surface area contributed by atoms with Crippen LogP contribution in [0.15, 0.2) is 60.8 Å². The first-order chi connectivity index (χ1) is 19.8. The lowest BCUT2D eigenvalue weighted by Crippen LogP contribution is -2.51. The van der Waals surface area contributed by atoms with E-state index in [4.69, 9.17) is 20.3 Å². The number of aliphatic hydroxyl groups is 2. The molecule has 2 unspecified atom stereocenters. The number of ether oxygens (including phenoxy) is 2. The van der Waals surface area contributed by atoms with E-state index in [1.54, 1.807) is 19.1 Å². The quantitative estimate of drug-likeness (QED) is 0.230. The lowest BCUT2D eigenvalue weighted by molar-refractivity contribution is -0.265. The van der Waals surface area contributed by atoms with Gasteiger partial charge in [-0.2, -0.15) is 13.2 Å². The molecular formula is C29H26F4N4O5. The second kappa shape index (κ2) is 10.8. The van der Waals surface area contributed by atoms with E-state index in [9.17, 15) is 27.5 Å². The Morgan fingerprint density at radius 2 is 1.93 bits per heavy atom. The molecule has 0 fully saturated rings. The number of nitrogens with zero attached hydrogens (tertiary/aromatic N) is 2. The number of aliphatic hydroxyl groups excluding tert-OH is 1. The summed E-state index contributed by atoms with van der Waals surface area (Å²) in [6.07, 6.45) is -3.80. The summed E-state index contributed by atoms with van der Waals surface area (Å²) in [6.45, 7) is -0.237. The molecule has 2 aromatic carbocycles. The van der Waals surface area contributed by atoms with Crippen LogP contribution in [-0.2, 0) is 11.1 Å². The average molecular weight is 587 g/mol. The minimum Gasteiger partial charge on any atom is -0.489 e. The Morgan fingerprint density at radius 1 is 1.19 bits per heavy atom. The highest BCUT2D eigenvalue weighted by molar-refractivity contribution is 5.99. The molecule has 42 heavy (non-hydrogen) atoms. The molecule has 2 aromatic heterocycles. The molecular weight excluding hydrogens is 560 g/mol. The summed E-state index contributed by atoms with van der Waals surface area (Å²) in [5.74, 6) is -1.25. The first kappa shape index (κ1) is 29.2. The molecule has 0 spiro atoms. The standard InChI is InChI=1S/C29H26F4N4O5/c1-27(34)15-42-25-20(27)13-22(37-24(25)16-4-6-19(30)7-5-16)28(40,29(31,32)33)14-36-26(39)18-11-17-3-2-8-35-23(17)21(12-18)41-10-9-38/h2-8,11-13,38,40H,9-10,14-15,34H2,1H3,(H,36,39). The Hall–Kier alpha value is -4.33. The van der Waals surface area contributed by atoms with Gasteiger partial charge in [-0.05, 0) is 55.5 Å². The molecule has 0 radical (unpaired) electrons. The van der Waals surface area contributed by atoms with Crippen molar-refractivity contribution < 1.29 is 42.0 Å². The van der Waals surface area contributed by atoms with Crippen molar-refractivity contribution in [3.63, 3.8) is 0 Å². The summed E-state index contributed by atoms with van der Waals surface area (Å²) < 4.78 is 68.5. The molecule has 0 aliphatic carbocycles. The van der Waals surface area contributed by atoms with Crippen molar-refractivity contribution in [1.82, 2.24) is 15.3 Å². The zero-order valence-corrected chi connectivity index (χ0v) is 22.2. The Kier molecular flexibility index (Phi) is 7.51. The molecule has 1 aliphatic rings. The van der Waals surface area contributed by atoms with E-state index in [2.05, 4.69) is 15.3 Å². The number of benzene rings is 2. The maximum Gasteiger partial charge on any atom is 0.424 e. The van der Waals surface area contributed by atoms with E-state index in [1.165, 1.54) is 30.5 Å². The number of carbonyl (C=O) groups excluding carboxylic acids is 1. The van der Waals surface area contributed by atoms with Crippen LogP contribution < -0.4 is 20.5 Å². The summed E-state index contributed by atoms with van der Waals surface area (Å²) >= 11 is 0. The second-order valence-electron chi connectivity index (χ2n) is 10.1. The lowest BCUT2D eigenvalue weighted by atomic mass is 9.89. The van der Waals surface area contributed by atoms with Crippen LogP contribution in [0.25, 0.3) is 22.2 Å². The number of rotatable bonds is 8. The third kappa shape index (κ3) is 5.33. The Bertz CT molecular complexity index is 1650. The number of alkyl halides is 3. The van der Waals surface area contributed by atoms with Crippen molar-refractivity contribution in [2.75, 3.05) is 26.4 Å². The van der Waals surface area contributed by atoms with Gasteiger partial charge < -0.3 is 30.7 Å². The third-order valence-electron chi connectivity index (χ3n) is 6.90. The molecule has 2 atom stereocenters. The number of nitrogens with two attached hydrogens (primary N) is 1. The van der Waals surface area contributed by atoms with E-state index < -0.39 is 41.3 Å². The van der Waals surface area contributed by atoms with E-state index in [1.807, 2.05) is 0 Å². The predicted octanol–water partition coefficient (Wildman–Crippen LogP) is 3.55. The predicted molar refractivity (Wildman–Crippen MR) is 143 cm³/mol. The number of aromatic nitrogens is 2. The van der Waals surface area contributed by atoms with Crippen molar-refractivity contribution in [3.05, 3.63) is 83.4 Å². The van der Waals surface area contributed by atoms with E-state index in [-0.39, 0.29) is 53.7 Å². The van der Waals surface area contributed by atoms with Gasteiger partial charge in [-0.1, -0.05) is 6.07 Å².